The molecule has 57 heavy (non-hydrogen) atoms. The van der Waals surface area contributed by atoms with Crippen LogP contribution in [-0.2, 0) is 5.41 Å². The quantitative estimate of drug-likeness (QED) is 0.150. The molecule has 0 aliphatic heterocycles. The molecule has 1 fully saturated rings. The standard InChI is InChI=1S/C56H51N/c1-56(2,3)46-37-38-48(42-21-9-5-10-22-42)54(39-46)57(52-31-15-13-27-47(52)44-35-33-41(34-36-44)40-19-7-4-8-20-40)53-32-16-14-28-50(53)51-30-18-26-45-25-17-29-49(55(45)51)43-23-11-6-12-24-43/h4-5,7-10,13-22,25-39,43H,6,11-12,23-24H2,1-3H3. The van der Waals surface area contributed by atoms with Gasteiger partial charge >= 0.3 is 0 Å². The van der Waals surface area contributed by atoms with Crippen molar-refractivity contribution in [2.75, 3.05) is 4.90 Å². The second-order valence-corrected chi connectivity index (χ2v) is 16.7. The van der Waals surface area contributed by atoms with E-state index < -0.39 is 0 Å². The van der Waals surface area contributed by atoms with Gasteiger partial charge in [-0.1, -0.05) is 210 Å². The molecule has 8 aromatic carbocycles. The van der Waals surface area contributed by atoms with E-state index in [1.54, 1.807) is 0 Å². The molecular formula is C56H51N. The number of para-hydroxylation sites is 2. The first kappa shape index (κ1) is 36.5. The first-order chi connectivity index (χ1) is 27.9. The fourth-order valence-electron chi connectivity index (χ4n) is 9.06. The second-order valence-electron chi connectivity index (χ2n) is 16.7. The number of hydrogen-bond donors (Lipinski definition) is 0. The summed E-state index contributed by atoms with van der Waals surface area (Å²) in [5.41, 5.74) is 16.0. The molecular weight excluding hydrogens is 687 g/mol. The molecule has 0 amide bonds. The summed E-state index contributed by atoms with van der Waals surface area (Å²) in [6.07, 6.45) is 6.49. The molecule has 0 aromatic heterocycles. The third kappa shape index (κ3) is 7.31. The molecule has 1 saturated carbocycles. The van der Waals surface area contributed by atoms with E-state index in [4.69, 9.17) is 0 Å². The van der Waals surface area contributed by atoms with Crippen LogP contribution in [0.3, 0.4) is 0 Å². The van der Waals surface area contributed by atoms with E-state index in [-0.39, 0.29) is 5.41 Å². The van der Waals surface area contributed by atoms with E-state index in [9.17, 15) is 0 Å². The molecule has 1 nitrogen and oxygen atoms in total. The SMILES string of the molecule is CC(C)(C)c1ccc(-c2ccccc2)c(N(c2ccccc2-c2ccc(-c3ccccc3)cc2)c2ccccc2-c2cccc3cccc(C4CCCCC4)c23)c1. The maximum atomic E-state index is 2.56. The highest BCUT2D eigenvalue weighted by Gasteiger charge is 2.27. The molecule has 0 heterocycles. The van der Waals surface area contributed by atoms with E-state index in [0.29, 0.717) is 5.92 Å². The molecule has 0 unspecified atom stereocenters. The van der Waals surface area contributed by atoms with Crippen molar-refractivity contribution in [3.8, 4) is 44.5 Å². The molecule has 1 aliphatic carbocycles. The molecule has 1 aliphatic rings. The molecule has 0 bridgehead atoms. The lowest BCUT2D eigenvalue weighted by Gasteiger charge is -2.33. The van der Waals surface area contributed by atoms with Crippen LogP contribution in [0.5, 0.6) is 0 Å². The third-order valence-corrected chi connectivity index (χ3v) is 12.1. The summed E-state index contributed by atoms with van der Waals surface area (Å²) in [7, 11) is 0. The van der Waals surface area contributed by atoms with Crippen LogP contribution in [0.15, 0.2) is 188 Å². The maximum absolute atomic E-state index is 2.56. The fraction of sp³-hybridized carbons (Fsp3) is 0.179. The zero-order valence-electron chi connectivity index (χ0n) is 33.5. The van der Waals surface area contributed by atoms with Gasteiger partial charge in [-0.05, 0) is 92.1 Å². The van der Waals surface area contributed by atoms with Crippen molar-refractivity contribution in [1.29, 1.82) is 0 Å². The Labute approximate surface area is 339 Å². The molecule has 0 spiro atoms. The van der Waals surface area contributed by atoms with Crippen LogP contribution in [0.25, 0.3) is 55.3 Å². The van der Waals surface area contributed by atoms with Crippen LogP contribution in [0.1, 0.15) is 69.9 Å². The molecule has 0 saturated heterocycles. The minimum Gasteiger partial charge on any atom is -0.309 e. The lowest BCUT2D eigenvalue weighted by molar-refractivity contribution is 0.445. The zero-order valence-corrected chi connectivity index (χ0v) is 33.5. The highest BCUT2D eigenvalue weighted by molar-refractivity contribution is 6.05. The number of rotatable bonds is 8. The molecule has 8 aromatic rings. The van der Waals surface area contributed by atoms with Crippen LogP contribution < -0.4 is 4.90 Å². The van der Waals surface area contributed by atoms with Gasteiger partial charge in [0.15, 0.2) is 0 Å². The van der Waals surface area contributed by atoms with Gasteiger partial charge in [0.25, 0.3) is 0 Å². The highest BCUT2D eigenvalue weighted by Crippen LogP contribution is 2.50. The molecule has 0 N–H and O–H groups in total. The summed E-state index contributed by atoms with van der Waals surface area (Å²) >= 11 is 0. The van der Waals surface area contributed by atoms with Gasteiger partial charge in [0.1, 0.15) is 0 Å². The third-order valence-electron chi connectivity index (χ3n) is 12.1. The Morgan fingerprint density at radius 2 is 0.912 bits per heavy atom. The van der Waals surface area contributed by atoms with Gasteiger partial charge in [0, 0.05) is 16.7 Å². The minimum atomic E-state index is -0.0491. The van der Waals surface area contributed by atoms with Crippen molar-refractivity contribution in [2.24, 2.45) is 0 Å². The van der Waals surface area contributed by atoms with Crippen molar-refractivity contribution in [2.45, 2.75) is 64.2 Å². The highest BCUT2D eigenvalue weighted by atomic mass is 15.1. The summed E-state index contributed by atoms with van der Waals surface area (Å²) in [5.74, 6) is 0.583. The Kier molecular flexibility index (Phi) is 10.1. The second kappa shape index (κ2) is 15.8. The average Bonchev–Trinajstić information content (AvgIpc) is 3.27. The lowest BCUT2D eigenvalue weighted by atomic mass is 9.80. The topological polar surface area (TPSA) is 3.24 Å². The smallest absolute Gasteiger partial charge is 0.0543 e. The van der Waals surface area contributed by atoms with Crippen molar-refractivity contribution in [3.63, 3.8) is 0 Å². The Bertz CT molecular complexity index is 2620. The van der Waals surface area contributed by atoms with Gasteiger partial charge in [-0.25, -0.2) is 0 Å². The molecule has 280 valence electrons. The number of nitrogens with zero attached hydrogens (tertiary/aromatic N) is 1. The van der Waals surface area contributed by atoms with Gasteiger partial charge < -0.3 is 4.90 Å². The zero-order chi connectivity index (χ0) is 38.8. The van der Waals surface area contributed by atoms with Gasteiger partial charge in [-0.3, -0.25) is 0 Å². The van der Waals surface area contributed by atoms with E-state index in [1.807, 2.05) is 0 Å². The molecule has 0 radical (unpaired) electrons. The van der Waals surface area contributed by atoms with Crippen molar-refractivity contribution < 1.29 is 0 Å². The van der Waals surface area contributed by atoms with Gasteiger partial charge in [-0.2, -0.15) is 0 Å². The van der Waals surface area contributed by atoms with E-state index in [0.717, 1.165) is 5.69 Å². The number of fused-ring (bicyclic) bond motifs is 1. The Morgan fingerprint density at radius 3 is 1.60 bits per heavy atom. The van der Waals surface area contributed by atoms with Crippen molar-refractivity contribution in [1.82, 2.24) is 0 Å². The average molecular weight is 738 g/mol. The normalized spacial score (nSPS) is 13.5. The van der Waals surface area contributed by atoms with Gasteiger partial charge in [0.2, 0.25) is 0 Å². The predicted octanol–water partition coefficient (Wildman–Crippen LogP) is 16.3. The monoisotopic (exact) mass is 737 g/mol. The molecule has 9 rings (SSSR count). The van der Waals surface area contributed by atoms with Crippen LogP contribution in [0.2, 0.25) is 0 Å². The number of hydrogen-bond acceptors (Lipinski definition) is 1. The van der Waals surface area contributed by atoms with Crippen LogP contribution in [0, 0.1) is 0 Å². The minimum absolute atomic E-state index is 0.0491. The summed E-state index contributed by atoms with van der Waals surface area (Å²) < 4.78 is 0. The van der Waals surface area contributed by atoms with Gasteiger partial charge in [0.05, 0.1) is 17.1 Å². The molecule has 1 heteroatoms. The number of benzene rings is 8. The van der Waals surface area contributed by atoms with Crippen LogP contribution in [-0.4, -0.2) is 0 Å². The lowest BCUT2D eigenvalue weighted by Crippen LogP contribution is -2.17. The Hall–Kier alpha value is -6.18. The Morgan fingerprint density at radius 1 is 0.404 bits per heavy atom. The summed E-state index contributed by atoms with van der Waals surface area (Å²) in [5, 5.41) is 2.71. The fourth-order valence-corrected chi connectivity index (χ4v) is 9.06. The van der Waals surface area contributed by atoms with E-state index in [2.05, 4.69) is 214 Å². The van der Waals surface area contributed by atoms with E-state index in [1.165, 1.54) is 110 Å². The first-order valence-corrected chi connectivity index (χ1v) is 20.8. The van der Waals surface area contributed by atoms with Gasteiger partial charge in [-0.15, -0.1) is 0 Å². The molecule has 0 atom stereocenters. The summed E-state index contributed by atoms with van der Waals surface area (Å²) in [6, 6.07) is 69.8. The Balaban J connectivity index is 1.32. The van der Waals surface area contributed by atoms with Crippen molar-refractivity contribution in [3.05, 3.63) is 199 Å². The first-order valence-electron chi connectivity index (χ1n) is 20.8. The van der Waals surface area contributed by atoms with Crippen LogP contribution >= 0.6 is 0 Å². The summed E-state index contributed by atoms with van der Waals surface area (Å²) in [6.45, 7) is 6.95. The van der Waals surface area contributed by atoms with Crippen LogP contribution in [0.4, 0.5) is 17.1 Å². The predicted molar refractivity (Wildman–Crippen MR) is 245 cm³/mol. The largest absolute Gasteiger partial charge is 0.309 e. The van der Waals surface area contributed by atoms with Crippen molar-refractivity contribution >= 4 is 27.8 Å². The van der Waals surface area contributed by atoms with E-state index >= 15 is 0 Å². The maximum Gasteiger partial charge on any atom is 0.0543 e. The number of anilines is 3. The summed E-state index contributed by atoms with van der Waals surface area (Å²) in [4.78, 5) is 2.56.